The third-order valence-corrected chi connectivity index (χ3v) is 3.71. The fraction of sp³-hybridized carbons (Fsp3) is 0.150. The van der Waals surface area contributed by atoms with E-state index in [-0.39, 0.29) is 18.2 Å². The van der Waals surface area contributed by atoms with Gasteiger partial charge in [-0.2, -0.15) is 0 Å². The van der Waals surface area contributed by atoms with Crippen LogP contribution in [-0.4, -0.2) is 23.5 Å². The van der Waals surface area contributed by atoms with Crippen molar-refractivity contribution < 1.29 is 14.3 Å². The van der Waals surface area contributed by atoms with E-state index < -0.39 is 5.97 Å². The lowest BCUT2D eigenvalue weighted by Crippen LogP contribution is -2.28. The van der Waals surface area contributed by atoms with Gasteiger partial charge in [-0.3, -0.25) is 4.79 Å². The van der Waals surface area contributed by atoms with E-state index in [1.54, 1.807) is 12.1 Å². The molecular weight excluding hydrogens is 316 g/mol. The van der Waals surface area contributed by atoms with Crippen LogP contribution in [0.4, 0.5) is 0 Å². The first kappa shape index (κ1) is 16.6. The Balaban J connectivity index is 1.53. The molecule has 0 spiro atoms. The number of hydrogen-bond acceptors (Lipinski definition) is 4. The fourth-order valence-electron chi connectivity index (χ4n) is 2.46. The van der Waals surface area contributed by atoms with E-state index in [9.17, 15) is 9.59 Å². The van der Waals surface area contributed by atoms with Crippen LogP contribution in [0.5, 0.6) is 0 Å². The van der Waals surface area contributed by atoms with Gasteiger partial charge in [-0.1, -0.05) is 54.1 Å². The fourth-order valence-corrected chi connectivity index (χ4v) is 2.46. The Morgan fingerprint density at radius 3 is 2.72 bits per heavy atom. The highest BCUT2D eigenvalue weighted by Gasteiger charge is 2.12. The average molecular weight is 334 g/mol. The van der Waals surface area contributed by atoms with Gasteiger partial charge in [0.15, 0.2) is 6.61 Å². The highest BCUT2D eigenvalue weighted by atomic mass is 16.5. The van der Waals surface area contributed by atoms with Crippen molar-refractivity contribution in [1.29, 1.82) is 0 Å². The molecule has 0 aliphatic carbocycles. The van der Waals surface area contributed by atoms with E-state index in [1.807, 2.05) is 55.5 Å². The van der Waals surface area contributed by atoms with Gasteiger partial charge in [0.05, 0.1) is 5.52 Å². The zero-order chi connectivity index (χ0) is 17.6. The second kappa shape index (κ2) is 7.57. The van der Waals surface area contributed by atoms with E-state index in [2.05, 4.69) is 10.3 Å². The highest BCUT2D eigenvalue weighted by Crippen LogP contribution is 2.12. The van der Waals surface area contributed by atoms with E-state index in [0.717, 1.165) is 16.5 Å². The molecule has 2 aromatic carbocycles. The second-order valence-corrected chi connectivity index (χ2v) is 5.73. The molecule has 0 radical (unpaired) electrons. The van der Waals surface area contributed by atoms with Crippen molar-refractivity contribution in [2.45, 2.75) is 13.5 Å². The predicted octanol–water partition coefficient (Wildman–Crippen LogP) is 3.02. The van der Waals surface area contributed by atoms with Gasteiger partial charge in [0.25, 0.3) is 5.91 Å². The number of nitrogens with one attached hydrogen (secondary N) is 1. The third kappa shape index (κ3) is 4.41. The zero-order valence-electron chi connectivity index (χ0n) is 13.9. The van der Waals surface area contributed by atoms with Gasteiger partial charge in [0, 0.05) is 11.9 Å². The molecule has 5 nitrogen and oxygen atoms in total. The number of carbonyl (C=O) groups excluding carboxylic acids is 2. The van der Waals surface area contributed by atoms with E-state index >= 15 is 0 Å². The summed E-state index contributed by atoms with van der Waals surface area (Å²) in [5.41, 5.74) is 3.02. The molecule has 3 rings (SSSR count). The summed E-state index contributed by atoms with van der Waals surface area (Å²) in [6, 6.07) is 18.7. The molecule has 0 saturated carbocycles. The number of para-hydroxylation sites is 1. The molecule has 25 heavy (non-hydrogen) atoms. The number of aromatic nitrogens is 1. The van der Waals surface area contributed by atoms with Crippen molar-refractivity contribution in [3.63, 3.8) is 0 Å². The predicted molar refractivity (Wildman–Crippen MR) is 95.1 cm³/mol. The summed E-state index contributed by atoms with van der Waals surface area (Å²) in [6.07, 6.45) is 0. The second-order valence-electron chi connectivity index (χ2n) is 5.73. The van der Waals surface area contributed by atoms with Crippen molar-refractivity contribution in [2.24, 2.45) is 0 Å². The van der Waals surface area contributed by atoms with Crippen LogP contribution < -0.4 is 5.32 Å². The number of nitrogens with zero attached hydrogens (tertiary/aromatic N) is 1. The lowest BCUT2D eigenvalue weighted by atomic mass is 10.1. The Morgan fingerprint density at radius 2 is 1.88 bits per heavy atom. The molecule has 0 fully saturated rings. The molecule has 1 N–H and O–H groups in total. The van der Waals surface area contributed by atoms with E-state index in [0.29, 0.717) is 12.1 Å². The van der Waals surface area contributed by atoms with Gasteiger partial charge >= 0.3 is 5.97 Å². The Kier molecular flexibility index (Phi) is 5.04. The summed E-state index contributed by atoms with van der Waals surface area (Å²) in [6.45, 7) is 2.05. The van der Waals surface area contributed by atoms with Crippen molar-refractivity contribution in [1.82, 2.24) is 10.3 Å². The smallest absolute Gasteiger partial charge is 0.357 e. The molecule has 5 heteroatoms. The molecule has 0 bridgehead atoms. The maximum absolute atomic E-state index is 12.0. The normalized spacial score (nSPS) is 10.4. The number of hydrogen-bond donors (Lipinski definition) is 1. The lowest BCUT2D eigenvalue weighted by Gasteiger charge is -2.07. The monoisotopic (exact) mass is 334 g/mol. The van der Waals surface area contributed by atoms with Gasteiger partial charge in [0.1, 0.15) is 5.69 Å². The number of aryl methyl sites for hydroxylation is 1. The summed E-state index contributed by atoms with van der Waals surface area (Å²) in [5, 5.41) is 3.67. The Hall–Kier alpha value is -3.21. The molecule has 1 heterocycles. The summed E-state index contributed by atoms with van der Waals surface area (Å²) in [5.74, 6) is -0.966. The molecule has 3 aromatic rings. The molecule has 0 atom stereocenters. The molecule has 0 unspecified atom stereocenters. The maximum atomic E-state index is 12.0. The van der Waals surface area contributed by atoms with Gasteiger partial charge < -0.3 is 10.1 Å². The third-order valence-electron chi connectivity index (χ3n) is 3.71. The van der Waals surface area contributed by atoms with Crippen LogP contribution in [0, 0.1) is 6.92 Å². The highest BCUT2D eigenvalue weighted by molar-refractivity contribution is 5.92. The van der Waals surface area contributed by atoms with Crippen molar-refractivity contribution in [3.8, 4) is 0 Å². The van der Waals surface area contributed by atoms with Crippen molar-refractivity contribution in [3.05, 3.63) is 77.5 Å². The first-order valence-electron chi connectivity index (χ1n) is 7.97. The number of benzene rings is 2. The lowest BCUT2D eigenvalue weighted by molar-refractivity contribution is -0.124. The SMILES string of the molecule is Cc1cccc(CNC(=O)COC(=O)c2ccc3ccccc3n2)c1. The summed E-state index contributed by atoms with van der Waals surface area (Å²) in [4.78, 5) is 28.1. The van der Waals surface area contributed by atoms with Crippen LogP contribution in [0.1, 0.15) is 21.6 Å². The van der Waals surface area contributed by atoms with Gasteiger partial charge in [-0.15, -0.1) is 0 Å². The number of ether oxygens (including phenoxy) is 1. The quantitative estimate of drug-likeness (QED) is 0.728. The van der Waals surface area contributed by atoms with E-state index in [4.69, 9.17) is 4.74 Å². The Morgan fingerprint density at radius 1 is 1.04 bits per heavy atom. The summed E-state index contributed by atoms with van der Waals surface area (Å²) >= 11 is 0. The first-order chi connectivity index (χ1) is 12.1. The first-order valence-corrected chi connectivity index (χ1v) is 7.97. The average Bonchev–Trinajstić information content (AvgIpc) is 2.64. The minimum atomic E-state index is -0.614. The molecule has 0 aliphatic rings. The topological polar surface area (TPSA) is 68.3 Å². The van der Waals surface area contributed by atoms with Crippen LogP contribution in [0.2, 0.25) is 0 Å². The molecule has 1 aromatic heterocycles. The standard InChI is InChI=1S/C20H18N2O3/c1-14-5-4-6-15(11-14)12-21-19(23)13-25-20(24)18-10-9-16-7-2-3-8-17(16)22-18/h2-11H,12-13H2,1H3,(H,21,23). The van der Waals surface area contributed by atoms with Crippen LogP contribution in [0.3, 0.4) is 0 Å². The maximum Gasteiger partial charge on any atom is 0.357 e. The number of carbonyl (C=O) groups is 2. The zero-order valence-corrected chi connectivity index (χ0v) is 13.9. The van der Waals surface area contributed by atoms with Crippen molar-refractivity contribution in [2.75, 3.05) is 6.61 Å². The molecule has 1 amide bonds. The number of pyridine rings is 1. The Bertz CT molecular complexity index is 921. The minimum Gasteiger partial charge on any atom is -0.451 e. The largest absolute Gasteiger partial charge is 0.451 e. The Labute approximate surface area is 145 Å². The number of fused-ring (bicyclic) bond motifs is 1. The van der Waals surface area contributed by atoms with Gasteiger partial charge in [-0.05, 0) is 24.6 Å². The molecule has 0 saturated heterocycles. The molecule has 126 valence electrons. The van der Waals surface area contributed by atoms with Gasteiger partial charge in [-0.25, -0.2) is 9.78 Å². The van der Waals surface area contributed by atoms with Gasteiger partial charge in [0.2, 0.25) is 0 Å². The van der Waals surface area contributed by atoms with Crippen molar-refractivity contribution >= 4 is 22.8 Å². The molecule has 0 aliphatic heterocycles. The van der Waals surface area contributed by atoms with Crippen LogP contribution in [0.15, 0.2) is 60.7 Å². The summed E-state index contributed by atoms with van der Waals surface area (Å²) < 4.78 is 5.04. The summed E-state index contributed by atoms with van der Waals surface area (Å²) in [7, 11) is 0. The number of rotatable bonds is 5. The number of esters is 1. The molecular formula is C20H18N2O3. The van der Waals surface area contributed by atoms with E-state index in [1.165, 1.54) is 0 Å². The van der Waals surface area contributed by atoms with Crippen LogP contribution >= 0.6 is 0 Å². The van der Waals surface area contributed by atoms with Crippen LogP contribution in [0.25, 0.3) is 10.9 Å². The minimum absolute atomic E-state index is 0.185. The number of amides is 1. The van der Waals surface area contributed by atoms with Crippen LogP contribution in [-0.2, 0) is 16.1 Å².